The van der Waals surface area contributed by atoms with Gasteiger partial charge >= 0.3 is 0 Å². The number of hydrazine groups is 1. The molecule has 1 heterocycles. The zero-order chi connectivity index (χ0) is 13.1. The van der Waals surface area contributed by atoms with Crippen molar-refractivity contribution in [3.05, 3.63) is 41.7 Å². The molecule has 0 aliphatic rings. The predicted molar refractivity (Wildman–Crippen MR) is 60.7 cm³/mol. The molecule has 1 amide bonds. The van der Waals surface area contributed by atoms with Gasteiger partial charge in [0.2, 0.25) is 5.95 Å². The molecule has 6 nitrogen and oxygen atoms in total. The fraction of sp³-hybridized carbons (Fsp3) is 0. The normalized spacial score (nSPS) is 10.2. The van der Waals surface area contributed by atoms with E-state index in [0.29, 0.717) is 0 Å². The van der Waals surface area contributed by atoms with Gasteiger partial charge < -0.3 is 10.4 Å². The van der Waals surface area contributed by atoms with E-state index in [9.17, 15) is 13.6 Å². The van der Waals surface area contributed by atoms with Crippen molar-refractivity contribution in [2.75, 3.05) is 10.7 Å². The molecule has 0 atom stereocenters. The van der Waals surface area contributed by atoms with Gasteiger partial charge in [0, 0.05) is 18.0 Å². The van der Waals surface area contributed by atoms with Gasteiger partial charge in [-0.05, 0) is 12.1 Å². The quantitative estimate of drug-likeness (QED) is 0.488. The number of hydrogen-bond donors (Lipinski definition) is 4. The molecule has 1 aromatic heterocycles. The molecule has 1 aromatic carbocycles. The average molecular weight is 253 g/mol. The molecule has 0 radical (unpaired) electrons. The zero-order valence-corrected chi connectivity index (χ0v) is 9.00. The number of hydrogen-bond acceptors (Lipinski definition) is 4. The highest BCUT2D eigenvalue weighted by Gasteiger charge is 2.15. The van der Waals surface area contributed by atoms with Crippen LogP contribution in [0.5, 0.6) is 0 Å². The highest BCUT2D eigenvalue weighted by atomic mass is 19.1. The number of amides is 1. The summed E-state index contributed by atoms with van der Waals surface area (Å²) < 4.78 is 26.7. The number of carbonyl (C=O) groups is 1. The number of anilines is 2. The molecule has 0 aliphatic carbocycles. The Morgan fingerprint density at radius 1 is 1.33 bits per heavy atom. The Labute approximate surface area is 100 Å². The fourth-order valence-corrected chi connectivity index (χ4v) is 1.36. The van der Waals surface area contributed by atoms with E-state index < -0.39 is 23.2 Å². The number of aromatic amines is 1. The van der Waals surface area contributed by atoms with Crippen LogP contribution >= 0.6 is 0 Å². The first-order chi connectivity index (χ1) is 8.61. The number of nitrogens with one attached hydrogen (secondary N) is 3. The molecule has 2 aromatic rings. The minimum absolute atomic E-state index is 0.180. The van der Waals surface area contributed by atoms with Gasteiger partial charge in [-0.3, -0.25) is 16.0 Å². The third-order valence-corrected chi connectivity index (χ3v) is 2.18. The molecule has 5 N–H and O–H groups in total. The summed E-state index contributed by atoms with van der Waals surface area (Å²) in [5.74, 6) is 2.52. The minimum atomic E-state index is -0.956. The van der Waals surface area contributed by atoms with Crippen LogP contribution < -0.4 is 16.6 Å². The van der Waals surface area contributed by atoms with Crippen LogP contribution in [0.2, 0.25) is 0 Å². The first-order valence-electron chi connectivity index (χ1n) is 4.88. The predicted octanol–water partition coefficient (Wildman–Crippen LogP) is 1.23. The lowest BCUT2D eigenvalue weighted by molar-refractivity contribution is 0.102. The molecule has 0 fully saturated rings. The second-order valence-electron chi connectivity index (χ2n) is 3.35. The Hall–Kier alpha value is -2.48. The number of aromatic nitrogens is 2. The van der Waals surface area contributed by atoms with E-state index in [1.807, 2.05) is 5.43 Å². The number of nitrogens with zero attached hydrogens (tertiary/aromatic N) is 1. The van der Waals surface area contributed by atoms with E-state index >= 15 is 0 Å². The largest absolute Gasteiger partial charge is 0.331 e. The van der Waals surface area contributed by atoms with Crippen LogP contribution in [0.4, 0.5) is 20.4 Å². The summed E-state index contributed by atoms with van der Waals surface area (Å²) in [6.45, 7) is 0. The summed E-state index contributed by atoms with van der Waals surface area (Å²) in [5.41, 5.74) is 1.20. The first kappa shape index (κ1) is 12.0. The lowest BCUT2D eigenvalue weighted by Gasteiger charge is -2.07. The first-order valence-corrected chi connectivity index (χ1v) is 4.88. The van der Waals surface area contributed by atoms with Crippen molar-refractivity contribution in [3.63, 3.8) is 0 Å². The number of nitrogen functional groups attached to an aromatic ring is 1. The third kappa shape index (κ3) is 2.28. The summed E-state index contributed by atoms with van der Waals surface area (Å²) in [6, 6.07) is 1.74. The molecule has 0 bridgehead atoms. The summed E-state index contributed by atoms with van der Waals surface area (Å²) in [6.07, 6.45) is 2.93. The smallest absolute Gasteiger partial charge is 0.258 e. The van der Waals surface area contributed by atoms with Gasteiger partial charge in [-0.25, -0.2) is 13.8 Å². The summed E-state index contributed by atoms with van der Waals surface area (Å²) >= 11 is 0. The van der Waals surface area contributed by atoms with Gasteiger partial charge in [-0.15, -0.1) is 0 Å². The van der Waals surface area contributed by atoms with E-state index in [1.165, 1.54) is 12.4 Å². The summed E-state index contributed by atoms with van der Waals surface area (Å²) in [5, 5.41) is 2.34. The topological polar surface area (TPSA) is 95.8 Å². The van der Waals surface area contributed by atoms with E-state index in [1.54, 1.807) is 0 Å². The van der Waals surface area contributed by atoms with Gasteiger partial charge in [-0.2, -0.15) is 0 Å². The number of imidazole rings is 1. The van der Waals surface area contributed by atoms with E-state index in [4.69, 9.17) is 5.84 Å². The van der Waals surface area contributed by atoms with Crippen LogP contribution in [0.25, 0.3) is 0 Å². The molecular formula is C10H9F2N5O. The molecule has 0 aliphatic heterocycles. The number of benzene rings is 1. The van der Waals surface area contributed by atoms with Crippen molar-refractivity contribution in [1.82, 2.24) is 9.97 Å². The lowest BCUT2D eigenvalue weighted by atomic mass is 10.1. The molecule has 8 heteroatoms. The molecule has 0 saturated carbocycles. The fourth-order valence-electron chi connectivity index (χ4n) is 1.36. The van der Waals surface area contributed by atoms with Crippen molar-refractivity contribution in [2.24, 2.45) is 5.84 Å². The standard InChI is InChI=1S/C10H9F2N5O/c11-6-3-5(4-7(12)8(6)17-13)9(18)16-10-14-1-2-15-10/h1-4,17H,13H2,(H2,14,15,16,18). The van der Waals surface area contributed by atoms with Gasteiger partial charge in [0.15, 0.2) is 11.6 Å². The highest BCUT2D eigenvalue weighted by molar-refractivity contribution is 6.03. The second kappa shape index (κ2) is 4.80. The van der Waals surface area contributed by atoms with Crippen molar-refractivity contribution < 1.29 is 13.6 Å². The SMILES string of the molecule is NNc1c(F)cc(C(=O)Nc2ncc[nH]2)cc1F. The lowest BCUT2D eigenvalue weighted by Crippen LogP contribution is -2.16. The van der Waals surface area contributed by atoms with Crippen LogP contribution in [0.3, 0.4) is 0 Å². The Bertz CT molecular complexity index is 547. The highest BCUT2D eigenvalue weighted by Crippen LogP contribution is 2.20. The Morgan fingerprint density at radius 2 is 2.00 bits per heavy atom. The van der Waals surface area contributed by atoms with E-state index in [-0.39, 0.29) is 11.5 Å². The summed E-state index contributed by atoms with van der Waals surface area (Å²) in [4.78, 5) is 18.0. The van der Waals surface area contributed by atoms with Crippen LogP contribution in [-0.4, -0.2) is 15.9 Å². The van der Waals surface area contributed by atoms with Crippen LogP contribution in [0, 0.1) is 11.6 Å². The molecule has 0 saturated heterocycles. The summed E-state index contributed by atoms with van der Waals surface area (Å²) in [7, 11) is 0. The third-order valence-electron chi connectivity index (χ3n) is 2.18. The number of carbonyl (C=O) groups excluding carboxylic acids is 1. The minimum Gasteiger partial charge on any atom is -0.331 e. The van der Waals surface area contributed by atoms with Gasteiger partial charge in [0.05, 0.1) is 0 Å². The molecule has 18 heavy (non-hydrogen) atoms. The molecule has 0 spiro atoms. The number of nitrogens with two attached hydrogens (primary N) is 1. The Kier molecular flexibility index (Phi) is 3.20. The molecular weight excluding hydrogens is 244 g/mol. The van der Waals surface area contributed by atoms with E-state index in [0.717, 1.165) is 12.1 Å². The van der Waals surface area contributed by atoms with Crippen molar-refractivity contribution in [1.29, 1.82) is 0 Å². The maximum Gasteiger partial charge on any atom is 0.258 e. The molecule has 94 valence electrons. The number of halogens is 2. The van der Waals surface area contributed by atoms with Crippen molar-refractivity contribution >= 4 is 17.5 Å². The Morgan fingerprint density at radius 3 is 2.50 bits per heavy atom. The van der Waals surface area contributed by atoms with Gasteiger partial charge in [0.25, 0.3) is 5.91 Å². The van der Waals surface area contributed by atoms with Gasteiger partial charge in [-0.1, -0.05) is 0 Å². The average Bonchev–Trinajstić information content (AvgIpc) is 2.81. The number of H-pyrrole nitrogens is 1. The van der Waals surface area contributed by atoms with Crippen LogP contribution in [0.15, 0.2) is 24.5 Å². The van der Waals surface area contributed by atoms with Crippen molar-refractivity contribution in [3.8, 4) is 0 Å². The molecule has 0 unspecified atom stereocenters. The Balaban J connectivity index is 2.26. The maximum atomic E-state index is 13.4. The number of rotatable bonds is 3. The van der Waals surface area contributed by atoms with Crippen molar-refractivity contribution in [2.45, 2.75) is 0 Å². The second-order valence-corrected chi connectivity index (χ2v) is 3.35. The monoisotopic (exact) mass is 253 g/mol. The maximum absolute atomic E-state index is 13.4. The van der Waals surface area contributed by atoms with Crippen LogP contribution in [-0.2, 0) is 0 Å². The zero-order valence-electron chi connectivity index (χ0n) is 9.00. The van der Waals surface area contributed by atoms with E-state index in [2.05, 4.69) is 15.3 Å². The van der Waals surface area contributed by atoms with Gasteiger partial charge in [0.1, 0.15) is 5.69 Å². The molecule has 2 rings (SSSR count). The van der Waals surface area contributed by atoms with Crippen LogP contribution in [0.1, 0.15) is 10.4 Å².